The minimum atomic E-state index is -3.10. The van der Waals surface area contributed by atoms with E-state index in [0.29, 0.717) is 0 Å². The van der Waals surface area contributed by atoms with Crippen LogP contribution in [-0.4, -0.2) is 33.0 Å². The third kappa shape index (κ3) is 5.96. The Labute approximate surface area is 85.6 Å². The van der Waals surface area contributed by atoms with Gasteiger partial charge in [0.05, 0.1) is 25.0 Å². The zero-order valence-electron chi connectivity index (χ0n) is 8.95. The highest BCUT2D eigenvalue weighted by Gasteiger charge is 2.16. The van der Waals surface area contributed by atoms with Crippen molar-refractivity contribution in [2.24, 2.45) is 5.92 Å². The van der Waals surface area contributed by atoms with Crippen LogP contribution in [0.25, 0.3) is 0 Å². The van der Waals surface area contributed by atoms with Crippen LogP contribution in [0.5, 0.6) is 0 Å². The van der Waals surface area contributed by atoms with Crippen LogP contribution in [0.1, 0.15) is 26.7 Å². The molecule has 0 spiro atoms. The molecular weight excluding hydrogens is 204 g/mol. The summed E-state index contributed by atoms with van der Waals surface area (Å²) in [6, 6.07) is 0. The van der Waals surface area contributed by atoms with Gasteiger partial charge >= 0.3 is 5.97 Å². The standard InChI is InChI=1S/C9H18O4S/c1-4-8(2)7-14(11,12)6-5-9(10)13-3/h8H,4-7H2,1-3H3. The van der Waals surface area contributed by atoms with Crippen molar-refractivity contribution >= 4 is 15.8 Å². The first kappa shape index (κ1) is 13.4. The summed E-state index contributed by atoms with van der Waals surface area (Å²) in [5.74, 6) is -0.278. The predicted molar refractivity (Wildman–Crippen MR) is 54.7 cm³/mol. The minimum absolute atomic E-state index is 0.0464. The third-order valence-electron chi connectivity index (χ3n) is 2.08. The van der Waals surface area contributed by atoms with Crippen LogP contribution < -0.4 is 0 Å². The first-order valence-corrected chi connectivity index (χ1v) is 6.50. The summed E-state index contributed by atoms with van der Waals surface area (Å²) in [6.07, 6.45) is 0.784. The van der Waals surface area contributed by atoms with Crippen LogP contribution >= 0.6 is 0 Å². The van der Waals surface area contributed by atoms with Gasteiger partial charge in [-0.15, -0.1) is 0 Å². The van der Waals surface area contributed by atoms with Crippen LogP contribution in [0.3, 0.4) is 0 Å². The molecule has 0 aromatic rings. The molecule has 14 heavy (non-hydrogen) atoms. The van der Waals surface area contributed by atoms with E-state index in [2.05, 4.69) is 4.74 Å². The normalized spacial score (nSPS) is 13.6. The number of hydrogen-bond acceptors (Lipinski definition) is 4. The van der Waals surface area contributed by atoms with E-state index >= 15 is 0 Å². The second-order valence-electron chi connectivity index (χ2n) is 3.45. The molecule has 0 bridgehead atoms. The molecule has 84 valence electrons. The van der Waals surface area contributed by atoms with Crippen molar-refractivity contribution in [2.75, 3.05) is 18.6 Å². The van der Waals surface area contributed by atoms with Crippen molar-refractivity contribution in [3.8, 4) is 0 Å². The molecule has 5 heteroatoms. The molecule has 0 aromatic carbocycles. The van der Waals surface area contributed by atoms with E-state index in [1.54, 1.807) is 0 Å². The summed E-state index contributed by atoms with van der Waals surface area (Å²) < 4.78 is 27.2. The number of carbonyl (C=O) groups excluding carboxylic acids is 1. The van der Waals surface area contributed by atoms with Gasteiger partial charge in [0.1, 0.15) is 0 Å². The highest BCUT2D eigenvalue weighted by atomic mass is 32.2. The first-order chi connectivity index (χ1) is 6.41. The van der Waals surface area contributed by atoms with Crippen molar-refractivity contribution in [1.29, 1.82) is 0 Å². The summed E-state index contributed by atoms with van der Waals surface area (Å²) in [4.78, 5) is 10.7. The third-order valence-corrected chi connectivity index (χ3v) is 3.98. The predicted octanol–water partition coefficient (Wildman–Crippen LogP) is 1.01. The molecule has 0 amide bonds. The van der Waals surface area contributed by atoms with Crippen LogP contribution in [0.15, 0.2) is 0 Å². The fourth-order valence-electron chi connectivity index (χ4n) is 0.976. The van der Waals surface area contributed by atoms with Gasteiger partial charge in [-0.25, -0.2) is 8.42 Å². The van der Waals surface area contributed by atoms with Crippen molar-refractivity contribution in [3.63, 3.8) is 0 Å². The minimum Gasteiger partial charge on any atom is -0.469 e. The second-order valence-corrected chi connectivity index (χ2v) is 5.68. The van der Waals surface area contributed by atoms with Crippen LogP contribution in [0.2, 0.25) is 0 Å². The van der Waals surface area contributed by atoms with Gasteiger partial charge in [-0.05, 0) is 5.92 Å². The Balaban J connectivity index is 4.02. The molecule has 0 fully saturated rings. The van der Waals surface area contributed by atoms with E-state index in [9.17, 15) is 13.2 Å². The molecule has 0 aliphatic rings. The molecule has 1 atom stereocenters. The Morgan fingerprint density at radius 2 is 2.00 bits per heavy atom. The van der Waals surface area contributed by atoms with Crippen LogP contribution in [0, 0.1) is 5.92 Å². The van der Waals surface area contributed by atoms with E-state index in [0.717, 1.165) is 6.42 Å². The van der Waals surface area contributed by atoms with Gasteiger partial charge in [0, 0.05) is 0 Å². The largest absolute Gasteiger partial charge is 0.469 e. The average Bonchev–Trinajstić information content (AvgIpc) is 2.13. The molecule has 0 N–H and O–H groups in total. The van der Waals surface area contributed by atoms with Crippen molar-refractivity contribution in [2.45, 2.75) is 26.7 Å². The molecule has 0 saturated heterocycles. The zero-order valence-corrected chi connectivity index (χ0v) is 9.76. The lowest BCUT2D eigenvalue weighted by molar-refractivity contribution is -0.140. The van der Waals surface area contributed by atoms with E-state index in [1.807, 2.05) is 13.8 Å². The Kier molecular flexibility index (Phi) is 5.76. The molecular formula is C9H18O4S. The summed E-state index contributed by atoms with van der Waals surface area (Å²) in [5, 5.41) is 0. The van der Waals surface area contributed by atoms with Gasteiger partial charge in [0.15, 0.2) is 9.84 Å². The van der Waals surface area contributed by atoms with Crippen molar-refractivity contribution < 1.29 is 17.9 Å². The Morgan fingerprint density at radius 3 is 2.43 bits per heavy atom. The summed E-state index contributed by atoms with van der Waals surface area (Å²) >= 11 is 0. The Morgan fingerprint density at radius 1 is 1.43 bits per heavy atom. The Bertz CT molecular complexity index is 269. The molecule has 0 saturated carbocycles. The molecule has 0 aliphatic heterocycles. The smallest absolute Gasteiger partial charge is 0.306 e. The van der Waals surface area contributed by atoms with Gasteiger partial charge in [0.2, 0.25) is 0 Å². The number of sulfone groups is 1. The maximum atomic E-state index is 11.4. The van der Waals surface area contributed by atoms with Gasteiger partial charge in [-0.2, -0.15) is 0 Å². The average molecular weight is 222 g/mol. The fourth-order valence-corrected chi connectivity index (χ4v) is 2.72. The number of methoxy groups -OCH3 is 1. The highest BCUT2D eigenvalue weighted by Crippen LogP contribution is 2.07. The molecule has 0 heterocycles. The Hall–Kier alpha value is -0.580. The first-order valence-electron chi connectivity index (χ1n) is 4.68. The fraction of sp³-hybridized carbons (Fsp3) is 0.889. The summed E-state index contributed by atoms with van der Waals surface area (Å²) in [5.41, 5.74) is 0. The second kappa shape index (κ2) is 6.01. The van der Waals surface area contributed by atoms with E-state index < -0.39 is 15.8 Å². The molecule has 0 radical (unpaired) electrons. The lowest BCUT2D eigenvalue weighted by atomic mass is 10.2. The van der Waals surface area contributed by atoms with E-state index in [1.165, 1.54) is 7.11 Å². The van der Waals surface area contributed by atoms with Crippen LogP contribution in [0.4, 0.5) is 0 Å². The monoisotopic (exact) mass is 222 g/mol. The van der Waals surface area contributed by atoms with Crippen molar-refractivity contribution in [3.05, 3.63) is 0 Å². The molecule has 4 nitrogen and oxygen atoms in total. The lowest BCUT2D eigenvalue weighted by Crippen LogP contribution is -2.19. The number of rotatable bonds is 6. The molecule has 1 unspecified atom stereocenters. The van der Waals surface area contributed by atoms with E-state index in [-0.39, 0.29) is 23.8 Å². The molecule has 0 aliphatic carbocycles. The SMILES string of the molecule is CCC(C)CS(=O)(=O)CCC(=O)OC. The van der Waals surface area contributed by atoms with Gasteiger partial charge < -0.3 is 4.74 Å². The zero-order chi connectivity index (χ0) is 11.2. The van der Waals surface area contributed by atoms with Crippen molar-refractivity contribution in [1.82, 2.24) is 0 Å². The summed E-state index contributed by atoms with van der Waals surface area (Å²) in [6.45, 7) is 3.83. The quantitative estimate of drug-likeness (QED) is 0.629. The maximum absolute atomic E-state index is 11.4. The topological polar surface area (TPSA) is 60.4 Å². The van der Waals surface area contributed by atoms with Gasteiger partial charge in [0.25, 0.3) is 0 Å². The van der Waals surface area contributed by atoms with E-state index in [4.69, 9.17) is 0 Å². The number of esters is 1. The number of hydrogen-bond donors (Lipinski definition) is 0. The number of ether oxygens (including phenoxy) is 1. The lowest BCUT2D eigenvalue weighted by Gasteiger charge is -2.08. The number of carbonyl (C=O) groups is 1. The summed E-state index contributed by atoms with van der Waals surface area (Å²) in [7, 11) is -1.85. The van der Waals surface area contributed by atoms with Crippen LogP contribution in [-0.2, 0) is 19.4 Å². The highest BCUT2D eigenvalue weighted by molar-refractivity contribution is 7.91. The molecule has 0 rings (SSSR count). The maximum Gasteiger partial charge on any atom is 0.306 e. The molecule has 0 aromatic heterocycles. The van der Waals surface area contributed by atoms with Gasteiger partial charge in [-0.3, -0.25) is 4.79 Å². The van der Waals surface area contributed by atoms with Gasteiger partial charge in [-0.1, -0.05) is 20.3 Å².